The molecule has 2 nitrogen and oxygen atoms in total. The van der Waals surface area contributed by atoms with Gasteiger partial charge in [0.25, 0.3) is 0 Å². The van der Waals surface area contributed by atoms with Crippen LogP contribution in [0.25, 0.3) is 0 Å². The van der Waals surface area contributed by atoms with Gasteiger partial charge in [0.1, 0.15) is 5.82 Å². The minimum absolute atomic E-state index is 0.00854. The fourth-order valence-electron chi connectivity index (χ4n) is 2.02. The Balaban J connectivity index is 2.29. The first-order valence-corrected chi connectivity index (χ1v) is 7.15. The van der Waals surface area contributed by atoms with E-state index >= 15 is 0 Å². The van der Waals surface area contributed by atoms with Gasteiger partial charge in [-0.1, -0.05) is 32.9 Å². The molecule has 2 aromatic rings. The Morgan fingerprint density at radius 3 is 2.58 bits per heavy atom. The van der Waals surface area contributed by atoms with Gasteiger partial charge in [-0.15, -0.1) is 11.3 Å². The number of aromatic nitrogens is 1. The average molecular weight is 278 g/mol. The van der Waals surface area contributed by atoms with Crippen molar-refractivity contribution < 1.29 is 4.39 Å². The Hall–Kier alpha value is -1.26. The van der Waals surface area contributed by atoms with Crippen LogP contribution >= 0.6 is 11.3 Å². The summed E-state index contributed by atoms with van der Waals surface area (Å²) in [4.78, 5) is 5.82. The summed E-state index contributed by atoms with van der Waals surface area (Å²) < 4.78 is 13.2. The molecule has 102 valence electrons. The summed E-state index contributed by atoms with van der Waals surface area (Å²) in [6.45, 7) is 6.90. The van der Waals surface area contributed by atoms with Crippen molar-refractivity contribution in [2.75, 3.05) is 0 Å². The molecule has 4 heteroatoms. The highest BCUT2D eigenvalue weighted by molar-refractivity contribution is 7.11. The molecular weight excluding hydrogens is 259 g/mol. The Kier molecular flexibility index (Phi) is 4.02. The third kappa shape index (κ3) is 3.39. The predicted octanol–water partition coefficient (Wildman–Crippen LogP) is 3.63. The average Bonchev–Trinajstić information content (AvgIpc) is 2.72. The summed E-state index contributed by atoms with van der Waals surface area (Å²) in [5.74, 6) is -0.204. The topological polar surface area (TPSA) is 38.9 Å². The van der Waals surface area contributed by atoms with Crippen LogP contribution in [0.2, 0.25) is 0 Å². The van der Waals surface area contributed by atoms with Crippen molar-refractivity contribution in [2.45, 2.75) is 39.2 Å². The summed E-state index contributed by atoms with van der Waals surface area (Å²) in [6, 6.07) is 6.66. The molecule has 2 N–H and O–H groups in total. The number of nitrogens with zero attached hydrogens (tertiary/aromatic N) is 1. The Morgan fingerprint density at radius 2 is 2.05 bits per heavy atom. The lowest BCUT2D eigenvalue weighted by molar-refractivity contribution is 0.564. The van der Waals surface area contributed by atoms with Crippen LogP contribution in [0.5, 0.6) is 0 Å². The van der Waals surface area contributed by atoms with E-state index in [-0.39, 0.29) is 11.2 Å². The standard InChI is InChI=1S/C15H19FN2S/c1-15(2,3)14-12(9-17)19-13(18-14)8-10-5-4-6-11(16)7-10/h4-7H,8-9,17H2,1-3H3. The molecule has 0 saturated carbocycles. The lowest BCUT2D eigenvalue weighted by Gasteiger charge is -2.16. The molecule has 1 aromatic carbocycles. The van der Waals surface area contributed by atoms with Gasteiger partial charge < -0.3 is 5.73 Å². The number of rotatable bonds is 3. The summed E-state index contributed by atoms with van der Waals surface area (Å²) in [6.07, 6.45) is 0.658. The third-order valence-electron chi connectivity index (χ3n) is 2.88. The molecule has 0 unspecified atom stereocenters. The summed E-state index contributed by atoms with van der Waals surface area (Å²) in [5, 5.41) is 0.996. The third-order valence-corrected chi connectivity index (χ3v) is 3.96. The van der Waals surface area contributed by atoms with Gasteiger partial charge in [0.15, 0.2) is 0 Å². The molecule has 0 saturated heterocycles. The minimum Gasteiger partial charge on any atom is -0.326 e. The van der Waals surface area contributed by atoms with Crippen LogP contribution < -0.4 is 5.73 Å². The Morgan fingerprint density at radius 1 is 1.32 bits per heavy atom. The summed E-state index contributed by atoms with van der Waals surface area (Å²) in [7, 11) is 0. The zero-order valence-electron chi connectivity index (χ0n) is 11.5. The fraction of sp³-hybridized carbons (Fsp3) is 0.400. The predicted molar refractivity (Wildman–Crippen MR) is 77.9 cm³/mol. The van der Waals surface area contributed by atoms with Crippen LogP contribution in [-0.4, -0.2) is 4.98 Å². The molecule has 0 amide bonds. The van der Waals surface area contributed by atoms with Crippen LogP contribution in [0.3, 0.4) is 0 Å². The zero-order chi connectivity index (χ0) is 14.0. The molecule has 0 fully saturated rings. The fourth-order valence-corrected chi connectivity index (χ4v) is 3.21. The molecule has 1 heterocycles. The van der Waals surface area contributed by atoms with Crippen molar-refractivity contribution in [2.24, 2.45) is 5.73 Å². The van der Waals surface area contributed by atoms with E-state index in [1.807, 2.05) is 6.07 Å². The molecule has 2 rings (SSSR count). The van der Waals surface area contributed by atoms with E-state index in [1.165, 1.54) is 6.07 Å². The maximum atomic E-state index is 13.2. The minimum atomic E-state index is -0.204. The summed E-state index contributed by atoms with van der Waals surface area (Å²) in [5.41, 5.74) is 7.78. The number of halogens is 1. The second kappa shape index (κ2) is 5.39. The van der Waals surface area contributed by atoms with E-state index in [9.17, 15) is 4.39 Å². The van der Waals surface area contributed by atoms with Crippen molar-refractivity contribution in [1.82, 2.24) is 4.98 Å². The van der Waals surface area contributed by atoms with E-state index in [1.54, 1.807) is 23.5 Å². The van der Waals surface area contributed by atoms with Crippen LogP contribution in [0.15, 0.2) is 24.3 Å². The van der Waals surface area contributed by atoms with E-state index in [0.717, 1.165) is 21.1 Å². The van der Waals surface area contributed by atoms with E-state index < -0.39 is 0 Å². The van der Waals surface area contributed by atoms with Crippen molar-refractivity contribution in [3.63, 3.8) is 0 Å². The molecule has 0 bridgehead atoms. The van der Waals surface area contributed by atoms with Gasteiger partial charge in [-0.2, -0.15) is 0 Å². The van der Waals surface area contributed by atoms with Crippen LogP contribution in [0.4, 0.5) is 4.39 Å². The Bertz CT molecular complexity index is 570. The molecular formula is C15H19FN2S. The quantitative estimate of drug-likeness (QED) is 0.931. The molecule has 19 heavy (non-hydrogen) atoms. The first-order chi connectivity index (χ1) is 8.90. The highest BCUT2D eigenvalue weighted by Gasteiger charge is 2.22. The smallest absolute Gasteiger partial charge is 0.123 e. The second-order valence-electron chi connectivity index (χ2n) is 5.64. The number of hydrogen-bond acceptors (Lipinski definition) is 3. The van der Waals surface area contributed by atoms with Gasteiger partial charge in [-0.05, 0) is 17.7 Å². The molecule has 0 atom stereocenters. The first-order valence-electron chi connectivity index (χ1n) is 6.33. The lowest BCUT2D eigenvalue weighted by Crippen LogP contribution is -2.15. The van der Waals surface area contributed by atoms with Gasteiger partial charge in [-0.3, -0.25) is 0 Å². The maximum Gasteiger partial charge on any atom is 0.123 e. The summed E-state index contributed by atoms with van der Waals surface area (Å²) >= 11 is 1.63. The van der Waals surface area contributed by atoms with Crippen molar-refractivity contribution in [1.29, 1.82) is 0 Å². The van der Waals surface area contributed by atoms with Crippen LogP contribution in [0.1, 0.15) is 41.9 Å². The largest absolute Gasteiger partial charge is 0.326 e. The van der Waals surface area contributed by atoms with Gasteiger partial charge >= 0.3 is 0 Å². The van der Waals surface area contributed by atoms with Gasteiger partial charge in [0.2, 0.25) is 0 Å². The first kappa shape index (κ1) is 14.2. The van der Waals surface area contributed by atoms with Gasteiger partial charge in [0.05, 0.1) is 10.7 Å². The molecule has 1 aromatic heterocycles. The second-order valence-corrected chi connectivity index (χ2v) is 6.81. The lowest BCUT2D eigenvalue weighted by atomic mass is 9.91. The molecule has 0 aliphatic rings. The number of hydrogen-bond donors (Lipinski definition) is 1. The van der Waals surface area contributed by atoms with Crippen molar-refractivity contribution in [3.8, 4) is 0 Å². The number of nitrogens with two attached hydrogens (primary N) is 1. The SMILES string of the molecule is CC(C)(C)c1nc(Cc2cccc(F)c2)sc1CN. The van der Waals surface area contributed by atoms with E-state index in [2.05, 4.69) is 20.8 Å². The van der Waals surface area contributed by atoms with Crippen molar-refractivity contribution >= 4 is 11.3 Å². The van der Waals surface area contributed by atoms with Crippen LogP contribution in [-0.2, 0) is 18.4 Å². The number of benzene rings is 1. The zero-order valence-corrected chi connectivity index (χ0v) is 12.4. The highest BCUT2D eigenvalue weighted by Crippen LogP contribution is 2.30. The molecule has 0 aliphatic carbocycles. The normalized spacial score (nSPS) is 11.8. The van der Waals surface area contributed by atoms with Gasteiger partial charge in [0, 0.05) is 23.3 Å². The monoisotopic (exact) mass is 278 g/mol. The molecule has 0 aliphatic heterocycles. The number of thiazole rings is 1. The van der Waals surface area contributed by atoms with Crippen molar-refractivity contribution in [3.05, 3.63) is 51.2 Å². The highest BCUT2D eigenvalue weighted by atomic mass is 32.1. The van der Waals surface area contributed by atoms with Crippen LogP contribution in [0, 0.1) is 5.82 Å². The maximum absolute atomic E-state index is 13.2. The van der Waals surface area contributed by atoms with E-state index in [4.69, 9.17) is 10.7 Å². The molecule has 0 spiro atoms. The molecule has 0 radical (unpaired) electrons. The Labute approximate surface area is 117 Å². The van der Waals surface area contributed by atoms with E-state index in [0.29, 0.717) is 13.0 Å². The van der Waals surface area contributed by atoms with Gasteiger partial charge in [-0.25, -0.2) is 9.37 Å².